The molecule has 1 atom stereocenters. The SMILES string of the molecule is CCCNC(Cc1ccccn1)c1ccccc1Cl. The lowest BCUT2D eigenvalue weighted by Crippen LogP contribution is -2.24. The number of hydrogen-bond donors (Lipinski definition) is 1. The van der Waals surface area contributed by atoms with Crippen LogP contribution >= 0.6 is 11.6 Å². The van der Waals surface area contributed by atoms with Crippen LogP contribution in [0.3, 0.4) is 0 Å². The lowest BCUT2D eigenvalue weighted by atomic mass is 10.0. The third-order valence-corrected chi connectivity index (χ3v) is 3.40. The number of halogens is 1. The van der Waals surface area contributed by atoms with Crippen molar-refractivity contribution in [2.45, 2.75) is 25.8 Å². The van der Waals surface area contributed by atoms with E-state index in [1.807, 2.05) is 36.5 Å². The van der Waals surface area contributed by atoms with E-state index >= 15 is 0 Å². The minimum absolute atomic E-state index is 0.212. The molecule has 0 aliphatic carbocycles. The zero-order valence-corrected chi connectivity index (χ0v) is 11.9. The fourth-order valence-corrected chi connectivity index (χ4v) is 2.36. The molecule has 1 unspecified atom stereocenters. The second-order valence-corrected chi connectivity index (χ2v) is 4.96. The largest absolute Gasteiger partial charge is 0.310 e. The highest BCUT2D eigenvalue weighted by atomic mass is 35.5. The maximum atomic E-state index is 6.30. The first-order chi connectivity index (χ1) is 9.31. The Kier molecular flexibility index (Phi) is 5.37. The van der Waals surface area contributed by atoms with Crippen LogP contribution in [0.25, 0.3) is 0 Å². The van der Waals surface area contributed by atoms with Gasteiger partial charge < -0.3 is 5.32 Å². The summed E-state index contributed by atoms with van der Waals surface area (Å²) in [6.07, 6.45) is 3.78. The fraction of sp³-hybridized carbons (Fsp3) is 0.312. The first-order valence-electron chi connectivity index (χ1n) is 6.69. The van der Waals surface area contributed by atoms with E-state index in [4.69, 9.17) is 11.6 Å². The number of hydrogen-bond acceptors (Lipinski definition) is 2. The summed E-state index contributed by atoms with van der Waals surface area (Å²) in [6.45, 7) is 3.14. The van der Waals surface area contributed by atoms with Crippen LogP contribution in [0.2, 0.25) is 5.02 Å². The zero-order valence-electron chi connectivity index (χ0n) is 11.1. The molecule has 2 nitrogen and oxygen atoms in total. The van der Waals surface area contributed by atoms with Crippen LogP contribution in [0, 0.1) is 0 Å². The summed E-state index contributed by atoms with van der Waals surface area (Å²) in [4.78, 5) is 4.40. The van der Waals surface area contributed by atoms with Crippen LogP contribution in [0.15, 0.2) is 48.7 Å². The van der Waals surface area contributed by atoms with Crippen LogP contribution in [-0.4, -0.2) is 11.5 Å². The van der Waals surface area contributed by atoms with E-state index in [1.165, 1.54) is 0 Å². The minimum Gasteiger partial charge on any atom is -0.310 e. The van der Waals surface area contributed by atoms with Gasteiger partial charge in [0.05, 0.1) is 0 Å². The maximum absolute atomic E-state index is 6.30. The third-order valence-electron chi connectivity index (χ3n) is 3.06. The van der Waals surface area contributed by atoms with Gasteiger partial charge in [-0.1, -0.05) is 42.8 Å². The predicted molar refractivity (Wildman–Crippen MR) is 80.4 cm³/mol. The van der Waals surface area contributed by atoms with E-state index in [-0.39, 0.29) is 6.04 Å². The molecule has 0 aliphatic heterocycles. The molecular weight excluding hydrogens is 256 g/mol. The standard InChI is InChI=1S/C16H19ClN2/c1-2-10-19-16(12-13-7-5-6-11-18-13)14-8-3-4-9-15(14)17/h3-9,11,16,19H,2,10,12H2,1H3. The quantitative estimate of drug-likeness (QED) is 0.861. The molecule has 1 aromatic heterocycles. The number of nitrogens with one attached hydrogen (secondary N) is 1. The molecule has 0 saturated heterocycles. The zero-order chi connectivity index (χ0) is 13.5. The van der Waals surface area contributed by atoms with Gasteiger partial charge in [0.15, 0.2) is 0 Å². The first kappa shape index (κ1) is 14.0. The van der Waals surface area contributed by atoms with Gasteiger partial charge in [0.2, 0.25) is 0 Å². The number of aromatic nitrogens is 1. The molecule has 0 bridgehead atoms. The van der Waals surface area contributed by atoms with Crippen molar-refractivity contribution in [2.75, 3.05) is 6.54 Å². The average molecular weight is 275 g/mol. The minimum atomic E-state index is 0.212. The highest BCUT2D eigenvalue weighted by Crippen LogP contribution is 2.25. The number of pyridine rings is 1. The summed E-state index contributed by atoms with van der Waals surface area (Å²) in [5.74, 6) is 0. The lowest BCUT2D eigenvalue weighted by molar-refractivity contribution is 0.524. The van der Waals surface area contributed by atoms with Crippen molar-refractivity contribution in [1.82, 2.24) is 10.3 Å². The monoisotopic (exact) mass is 274 g/mol. The van der Waals surface area contributed by atoms with Gasteiger partial charge >= 0.3 is 0 Å². The Morgan fingerprint density at radius 3 is 2.63 bits per heavy atom. The predicted octanol–water partition coefficient (Wildman–Crippen LogP) is 4.02. The average Bonchev–Trinajstić information content (AvgIpc) is 2.45. The maximum Gasteiger partial charge on any atom is 0.0453 e. The van der Waals surface area contributed by atoms with Gasteiger partial charge in [0.25, 0.3) is 0 Å². The van der Waals surface area contributed by atoms with Gasteiger partial charge in [-0.3, -0.25) is 4.98 Å². The Bertz CT molecular complexity index is 499. The van der Waals surface area contributed by atoms with Crippen LogP contribution in [0.1, 0.15) is 30.6 Å². The molecule has 100 valence electrons. The number of benzene rings is 1. The molecule has 2 rings (SSSR count). The second kappa shape index (κ2) is 7.27. The van der Waals surface area contributed by atoms with Gasteiger partial charge in [0, 0.05) is 29.4 Å². The van der Waals surface area contributed by atoms with Gasteiger partial charge in [-0.05, 0) is 36.7 Å². The Hall–Kier alpha value is -1.38. The molecular formula is C16H19ClN2. The first-order valence-corrected chi connectivity index (χ1v) is 7.06. The Labute approximate surface area is 119 Å². The van der Waals surface area contributed by atoms with E-state index in [1.54, 1.807) is 0 Å². The highest BCUT2D eigenvalue weighted by Gasteiger charge is 2.14. The fourth-order valence-electron chi connectivity index (χ4n) is 2.10. The molecule has 0 amide bonds. The Morgan fingerprint density at radius 2 is 1.95 bits per heavy atom. The van der Waals surface area contributed by atoms with Crippen molar-refractivity contribution in [3.05, 3.63) is 64.9 Å². The molecule has 0 fully saturated rings. The molecule has 1 heterocycles. The lowest BCUT2D eigenvalue weighted by Gasteiger charge is -2.19. The highest BCUT2D eigenvalue weighted by molar-refractivity contribution is 6.31. The van der Waals surface area contributed by atoms with Gasteiger partial charge in [-0.2, -0.15) is 0 Å². The summed E-state index contributed by atoms with van der Waals surface area (Å²) >= 11 is 6.30. The number of rotatable bonds is 6. The molecule has 3 heteroatoms. The Morgan fingerprint density at radius 1 is 1.16 bits per heavy atom. The van der Waals surface area contributed by atoms with E-state index < -0.39 is 0 Å². The normalized spacial score (nSPS) is 12.3. The van der Waals surface area contributed by atoms with Crippen molar-refractivity contribution in [3.63, 3.8) is 0 Å². The third kappa shape index (κ3) is 4.05. The van der Waals surface area contributed by atoms with Crippen molar-refractivity contribution < 1.29 is 0 Å². The summed E-state index contributed by atoms with van der Waals surface area (Å²) in [5, 5.41) is 4.36. The van der Waals surface area contributed by atoms with E-state index in [9.17, 15) is 0 Å². The van der Waals surface area contributed by atoms with E-state index in [0.29, 0.717) is 0 Å². The van der Waals surface area contributed by atoms with Gasteiger partial charge in [0.1, 0.15) is 0 Å². The summed E-state index contributed by atoms with van der Waals surface area (Å²) in [6, 6.07) is 14.2. The summed E-state index contributed by atoms with van der Waals surface area (Å²) in [5.41, 5.74) is 2.22. The van der Waals surface area contributed by atoms with E-state index in [0.717, 1.165) is 35.7 Å². The summed E-state index contributed by atoms with van der Waals surface area (Å²) < 4.78 is 0. The van der Waals surface area contributed by atoms with Crippen molar-refractivity contribution in [3.8, 4) is 0 Å². The smallest absolute Gasteiger partial charge is 0.0453 e. The molecule has 0 radical (unpaired) electrons. The van der Waals surface area contributed by atoms with Gasteiger partial charge in [-0.25, -0.2) is 0 Å². The van der Waals surface area contributed by atoms with E-state index in [2.05, 4.69) is 29.4 Å². The van der Waals surface area contributed by atoms with Crippen molar-refractivity contribution in [2.24, 2.45) is 0 Å². The van der Waals surface area contributed by atoms with Gasteiger partial charge in [-0.15, -0.1) is 0 Å². The number of nitrogens with zero attached hydrogens (tertiary/aromatic N) is 1. The second-order valence-electron chi connectivity index (χ2n) is 4.55. The molecule has 2 aromatic rings. The van der Waals surface area contributed by atoms with Crippen LogP contribution in [0.4, 0.5) is 0 Å². The molecule has 19 heavy (non-hydrogen) atoms. The molecule has 1 aromatic carbocycles. The molecule has 0 aliphatic rings. The van der Waals surface area contributed by atoms with Crippen molar-refractivity contribution in [1.29, 1.82) is 0 Å². The topological polar surface area (TPSA) is 24.9 Å². The van der Waals surface area contributed by atoms with Crippen molar-refractivity contribution >= 4 is 11.6 Å². The summed E-state index contributed by atoms with van der Waals surface area (Å²) in [7, 11) is 0. The molecule has 1 N–H and O–H groups in total. The van der Waals surface area contributed by atoms with Crippen LogP contribution < -0.4 is 5.32 Å². The van der Waals surface area contributed by atoms with Crippen LogP contribution in [-0.2, 0) is 6.42 Å². The molecule has 0 spiro atoms. The molecule has 0 saturated carbocycles. The van der Waals surface area contributed by atoms with Crippen LogP contribution in [0.5, 0.6) is 0 Å². The Balaban J connectivity index is 2.19.